The van der Waals surface area contributed by atoms with Gasteiger partial charge in [-0.15, -0.1) is 0 Å². The highest BCUT2D eigenvalue weighted by Crippen LogP contribution is 2.39. The monoisotopic (exact) mass is 580 g/mol. The van der Waals surface area contributed by atoms with Crippen LogP contribution in [0.15, 0.2) is 121 Å². The lowest BCUT2D eigenvalue weighted by Crippen LogP contribution is -2.53. The Bertz CT molecular complexity index is 1560. The van der Waals surface area contributed by atoms with E-state index in [1.807, 2.05) is 0 Å². The largest absolute Gasteiger partial charge is 0.459 e. The van der Waals surface area contributed by atoms with Gasteiger partial charge < -0.3 is 23.7 Å². The summed E-state index contributed by atoms with van der Waals surface area (Å²) in [5.41, 5.74) is -0.901. The van der Waals surface area contributed by atoms with Crippen molar-refractivity contribution in [1.82, 2.24) is 0 Å². The molecule has 4 aromatic rings. The van der Waals surface area contributed by atoms with Gasteiger partial charge in [-0.2, -0.15) is 0 Å². The fourth-order valence-electron chi connectivity index (χ4n) is 4.58. The molecule has 43 heavy (non-hydrogen) atoms. The van der Waals surface area contributed by atoms with E-state index in [0.717, 1.165) is 0 Å². The lowest BCUT2D eigenvalue weighted by molar-refractivity contribution is -0.175. The van der Waals surface area contributed by atoms with Crippen LogP contribution < -0.4 is 0 Å². The third-order valence-corrected chi connectivity index (χ3v) is 6.85. The summed E-state index contributed by atoms with van der Waals surface area (Å²) >= 11 is 0. The minimum absolute atomic E-state index is 0.212. The SMILES string of the molecule is CC1(OC(=O)c2ccccc2)[C@@H](OC(=O)c2ccccc2)O[C@H](COC(=O)c2ccccc2)[C@H]1OC(=O)c1ccccc1. The molecule has 5 rings (SSSR count). The van der Waals surface area contributed by atoms with Gasteiger partial charge in [0.2, 0.25) is 11.9 Å². The van der Waals surface area contributed by atoms with Gasteiger partial charge in [0, 0.05) is 0 Å². The first-order valence-corrected chi connectivity index (χ1v) is 13.5. The molecule has 1 aliphatic heterocycles. The summed E-state index contributed by atoms with van der Waals surface area (Å²) < 4.78 is 29.1. The first-order chi connectivity index (χ1) is 20.8. The van der Waals surface area contributed by atoms with Crippen molar-refractivity contribution in [1.29, 1.82) is 0 Å². The molecule has 0 aromatic heterocycles. The summed E-state index contributed by atoms with van der Waals surface area (Å²) in [5.74, 6) is -2.92. The fraction of sp³-hybridized carbons (Fsp3) is 0.176. The molecule has 0 spiro atoms. The van der Waals surface area contributed by atoms with Crippen LogP contribution in [0.4, 0.5) is 0 Å². The van der Waals surface area contributed by atoms with Crippen LogP contribution in [0.5, 0.6) is 0 Å². The van der Waals surface area contributed by atoms with E-state index < -0.39 is 54.6 Å². The summed E-state index contributed by atoms with van der Waals surface area (Å²) in [6, 6.07) is 32.8. The topological polar surface area (TPSA) is 114 Å². The zero-order valence-electron chi connectivity index (χ0n) is 23.2. The minimum atomic E-state index is -1.86. The molecule has 0 bridgehead atoms. The van der Waals surface area contributed by atoms with Gasteiger partial charge in [0.25, 0.3) is 0 Å². The van der Waals surface area contributed by atoms with Crippen LogP contribution in [0, 0.1) is 0 Å². The quantitative estimate of drug-likeness (QED) is 0.193. The van der Waals surface area contributed by atoms with Crippen molar-refractivity contribution in [2.24, 2.45) is 0 Å². The molecule has 1 saturated heterocycles. The van der Waals surface area contributed by atoms with Crippen molar-refractivity contribution in [2.45, 2.75) is 31.0 Å². The van der Waals surface area contributed by atoms with Crippen molar-refractivity contribution in [2.75, 3.05) is 6.61 Å². The van der Waals surface area contributed by atoms with E-state index in [9.17, 15) is 19.2 Å². The molecule has 0 saturated carbocycles. The average Bonchev–Trinajstić information content (AvgIpc) is 3.30. The van der Waals surface area contributed by atoms with Crippen molar-refractivity contribution in [3.8, 4) is 0 Å². The maximum atomic E-state index is 13.3. The molecule has 0 radical (unpaired) electrons. The van der Waals surface area contributed by atoms with Crippen LogP contribution in [0.2, 0.25) is 0 Å². The van der Waals surface area contributed by atoms with E-state index in [1.165, 1.54) is 6.92 Å². The standard InChI is InChI=1S/C34H28O9/c1-34(43-32(38)26-20-12-5-13-21-26)28(41-30(36)24-16-8-3-9-17-24)27(22-39-29(35)23-14-6-2-7-15-23)40-33(34)42-31(37)25-18-10-4-11-19-25/h2-21,27-28,33H,22H2,1H3/t27-,28-,33-,34?/m1/s1. The lowest BCUT2D eigenvalue weighted by atomic mass is 9.96. The molecular weight excluding hydrogens is 552 g/mol. The van der Waals surface area contributed by atoms with Crippen molar-refractivity contribution >= 4 is 23.9 Å². The smallest absolute Gasteiger partial charge is 0.340 e. The van der Waals surface area contributed by atoms with Crippen LogP contribution in [0.25, 0.3) is 0 Å². The summed E-state index contributed by atoms with van der Waals surface area (Å²) in [4.78, 5) is 52.5. The Hall–Kier alpha value is -5.28. The second-order valence-corrected chi connectivity index (χ2v) is 9.87. The normalized spacial score (nSPS) is 20.9. The Morgan fingerprint density at radius 3 is 1.44 bits per heavy atom. The molecule has 9 nitrogen and oxygen atoms in total. The van der Waals surface area contributed by atoms with Crippen LogP contribution >= 0.6 is 0 Å². The van der Waals surface area contributed by atoms with Gasteiger partial charge in [0.15, 0.2) is 6.10 Å². The van der Waals surface area contributed by atoms with E-state index in [-0.39, 0.29) is 16.7 Å². The maximum absolute atomic E-state index is 13.3. The third-order valence-electron chi connectivity index (χ3n) is 6.85. The number of ether oxygens (including phenoxy) is 5. The summed E-state index contributed by atoms with van der Waals surface area (Å²) in [7, 11) is 0. The molecule has 9 heteroatoms. The van der Waals surface area contributed by atoms with Crippen molar-refractivity contribution in [3.63, 3.8) is 0 Å². The maximum Gasteiger partial charge on any atom is 0.340 e. The van der Waals surface area contributed by atoms with E-state index in [0.29, 0.717) is 5.56 Å². The highest BCUT2D eigenvalue weighted by atomic mass is 16.8. The number of hydrogen-bond donors (Lipinski definition) is 0. The molecule has 1 fully saturated rings. The third kappa shape index (κ3) is 6.79. The highest BCUT2D eigenvalue weighted by molar-refractivity contribution is 5.91. The summed E-state index contributed by atoms with van der Waals surface area (Å²) in [6.45, 7) is 1.04. The van der Waals surface area contributed by atoms with Crippen LogP contribution in [0.3, 0.4) is 0 Å². The lowest BCUT2D eigenvalue weighted by Gasteiger charge is -2.33. The first-order valence-electron chi connectivity index (χ1n) is 13.5. The predicted molar refractivity (Wildman–Crippen MR) is 153 cm³/mol. The van der Waals surface area contributed by atoms with Crippen molar-refractivity contribution in [3.05, 3.63) is 144 Å². The molecule has 218 valence electrons. The Kier molecular flexibility index (Phi) is 8.93. The summed E-state index contributed by atoms with van der Waals surface area (Å²) in [5, 5.41) is 0. The number of esters is 4. The van der Waals surface area contributed by atoms with Gasteiger partial charge in [-0.25, -0.2) is 19.2 Å². The van der Waals surface area contributed by atoms with Crippen LogP contribution in [-0.4, -0.2) is 54.6 Å². The molecule has 0 amide bonds. The Morgan fingerprint density at radius 1 is 0.581 bits per heavy atom. The average molecular weight is 581 g/mol. The molecule has 0 aliphatic carbocycles. The second-order valence-electron chi connectivity index (χ2n) is 9.87. The van der Waals surface area contributed by atoms with Gasteiger partial charge in [0.05, 0.1) is 22.3 Å². The van der Waals surface area contributed by atoms with E-state index >= 15 is 0 Å². The van der Waals surface area contributed by atoms with Gasteiger partial charge in [-0.1, -0.05) is 72.8 Å². The molecular formula is C34H28O9. The van der Waals surface area contributed by atoms with E-state index in [1.54, 1.807) is 121 Å². The number of carbonyl (C=O) groups is 4. The van der Waals surface area contributed by atoms with E-state index in [2.05, 4.69) is 0 Å². The Morgan fingerprint density at radius 2 is 0.977 bits per heavy atom. The van der Waals surface area contributed by atoms with Gasteiger partial charge in [-0.3, -0.25) is 0 Å². The zero-order valence-corrected chi connectivity index (χ0v) is 23.2. The number of benzene rings is 4. The summed E-state index contributed by atoms with van der Waals surface area (Å²) in [6.07, 6.45) is -4.07. The first kappa shape index (κ1) is 29.2. The van der Waals surface area contributed by atoms with Crippen molar-refractivity contribution < 1.29 is 42.9 Å². The number of hydrogen-bond acceptors (Lipinski definition) is 9. The molecule has 1 heterocycles. The Labute approximate surface area is 247 Å². The van der Waals surface area contributed by atoms with E-state index in [4.69, 9.17) is 23.7 Å². The zero-order chi connectivity index (χ0) is 30.2. The molecule has 1 aliphatic rings. The van der Waals surface area contributed by atoms with Gasteiger partial charge in [0.1, 0.15) is 12.7 Å². The highest BCUT2D eigenvalue weighted by Gasteiger charge is 2.61. The Balaban J connectivity index is 1.48. The number of rotatable bonds is 9. The minimum Gasteiger partial charge on any atom is -0.459 e. The number of carbonyl (C=O) groups excluding carboxylic acids is 4. The molecule has 4 aromatic carbocycles. The van der Waals surface area contributed by atoms with Gasteiger partial charge in [-0.05, 0) is 55.5 Å². The molecule has 1 unspecified atom stereocenters. The molecule has 0 N–H and O–H groups in total. The predicted octanol–water partition coefficient (Wildman–Crippen LogP) is 5.27. The van der Waals surface area contributed by atoms with Crippen LogP contribution in [0.1, 0.15) is 48.4 Å². The van der Waals surface area contributed by atoms with Gasteiger partial charge >= 0.3 is 23.9 Å². The molecule has 4 atom stereocenters. The second kappa shape index (κ2) is 13.1. The fourth-order valence-corrected chi connectivity index (χ4v) is 4.58. The van der Waals surface area contributed by atoms with Crippen LogP contribution in [-0.2, 0) is 23.7 Å².